The van der Waals surface area contributed by atoms with Crippen molar-refractivity contribution in [1.82, 2.24) is 14.7 Å². The maximum Gasteiger partial charge on any atom is 0.171 e. The van der Waals surface area contributed by atoms with Crippen LogP contribution in [0.5, 0.6) is 0 Å². The van der Waals surface area contributed by atoms with Gasteiger partial charge >= 0.3 is 0 Å². The highest BCUT2D eigenvalue weighted by molar-refractivity contribution is 7.80. The summed E-state index contributed by atoms with van der Waals surface area (Å²) in [5, 5.41) is 1.03. The molecule has 0 amide bonds. The first kappa shape index (κ1) is 16.3. The summed E-state index contributed by atoms with van der Waals surface area (Å²) in [6, 6.07) is 8.28. The van der Waals surface area contributed by atoms with Gasteiger partial charge in [-0.15, -0.1) is 0 Å². The van der Waals surface area contributed by atoms with Crippen molar-refractivity contribution in [2.45, 2.75) is 44.7 Å². The van der Waals surface area contributed by atoms with Crippen molar-refractivity contribution in [2.75, 3.05) is 33.7 Å². The minimum absolute atomic E-state index is 0.584. The summed E-state index contributed by atoms with van der Waals surface area (Å²) in [6.45, 7) is 5.81. The van der Waals surface area contributed by atoms with E-state index < -0.39 is 0 Å². The molecule has 0 aliphatic carbocycles. The molecule has 3 aliphatic rings. The van der Waals surface area contributed by atoms with E-state index in [1.807, 2.05) is 0 Å². The van der Waals surface area contributed by atoms with Gasteiger partial charge in [-0.25, -0.2) is 0 Å². The van der Waals surface area contributed by atoms with Crippen molar-refractivity contribution in [3.05, 3.63) is 34.9 Å². The first-order valence-electron chi connectivity index (χ1n) is 9.36. The molecule has 0 aromatic heterocycles. The zero-order chi connectivity index (χ0) is 16.8. The average Bonchev–Trinajstić information content (AvgIpc) is 2.58. The first-order chi connectivity index (χ1) is 11.5. The SMILES string of the molecule is Cc1ccc2c(c1)CCN1CC3CCCN(C(=S)N(C)C)C3CC21. The molecule has 3 atom stereocenters. The van der Waals surface area contributed by atoms with Crippen LogP contribution in [0.25, 0.3) is 0 Å². The van der Waals surface area contributed by atoms with Gasteiger partial charge in [0.1, 0.15) is 0 Å². The van der Waals surface area contributed by atoms with Gasteiger partial charge in [0.2, 0.25) is 0 Å². The van der Waals surface area contributed by atoms with E-state index in [2.05, 4.69) is 53.9 Å². The van der Waals surface area contributed by atoms with Gasteiger partial charge in [-0.2, -0.15) is 0 Å². The molecule has 24 heavy (non-hydrogen) atoms. The van der Waals surface area contributed by atoms with Gasteiger partial charge in [-0.05, 0) is 61.9 Å². The Morgan fingerprint density at radius 2 is 2.08 bits per heavy atom. The summed E-state index contributed by atoms with van der Waals surface area (Å²) in [6.07, 6.45) is 5.09. The lowest BCUT2D eigenvalue weighted by molar-refractivity contribution is 0.0145. The second-order valence-electron chi connectivity index (χ2n) is 8.04. The van der Waals surface area contributed by atoms with Gasteiger partial charge in [-0.1, -0.05) is 23.8 Å². The third kappa shape index (κ3) is 2.74. The highest BCUT2D eigenvalue weighted by Crippen LogP contribution is 2.43. The quantitative estimate of drug-likeness (QED) is 0.669. The number of fused-ring (bicyclic) bond motifs is 4. The molecule has 0 bridgehead atoms. The summed E-state index contributed by atoms with van der Waals surface area (Å²) in [5.41, 5.74) is 4.54. The highest BCUT2D eigenvalue weighted by Gasteiger charge is 2.43. The zero-order valence-corrected chi connectivity index (χ0v) is 16.0. The molecule has 4 heteroatoms. The summed E-state index contributed by atoms with van der Waals surface area (Å²) < 4.78 is 0. The fourth-order valence-electron chi connectivity index (χ4n) is 5.08. The fraction of sp³-hybridized carbons (Fsp3) is 0.650. The predicted molar refractivity (Wildman–Crippen MR) is 103 cm³/mol. The first-order valence-corrected chi connectivity index (χ1v) is 9.77. The predicted octanol–water partition coefficient (Wildman–Crippen LogP) is 3.23. The molecule has 4 rings (SSSR count). The summed E-state index contributed by atoms with van der Waals surface area (Å²) in [4.78, 5) is 7.40. The van der Waals surface area contributed by atoms with Crippen molar-refractivity contribution < 1.29 is 0 Å². The zero-order valence-electron chi connectivity index (χ0n) is 15.2. The molecular weight excluding hydrogens is 314 g/mol. The molecule has 2 saturated heterocycles. The topological polar surface area (TPSA) is 9.72 Å². The molecule has 130 valence electrons. The van der Waals surface area contributed by atoms with Crippen LogP contribution in [0, 0.1) is 12.8 Å². The van der Waals surface area contributed by atoms with E-state index in [9.17, 15) is 0 Å². The maximum absolute atomic E-state index is 5.75. The van der Waals surface area contributed by atoms with Gasteiger partial charge in [0.05, 0.1) is 0 Å². The van der Waals surface area contributed by atoms with Gasteiger partial charge in [0.15, 0.2) is 5.11 Å². The number of aryl methyl sites for hydroxylation is 1. The summed E-state index contributed by atoms with van der Waals surface area (Å²) in [7, 11) is 4.17. The van der Waals surface area contributed by atoms with E-state index >= 15 is 0 Å². The Bertz CT molecular complexity index is 642. The normalized spacial score (nSPS) is 29.5. The molecule has 1 aromatic rings. The molecular formula is C20H29N3S. The van der Waals surface area contributed by atoms with Gasteiger partial charge in [-0.3, -0.25) is 4.90 Å². The van der Waals surface area contributed by atoms with Crippen LogP contribution in [-0.2, 0) is 6.42 Å². The second-order valence-corrected chi connectivity index (χ2v) is 8.40. The molecule has 2 fully saturated rings. The minimum Gasteiger partial charge on any atom is -0.355 e. The lowest BCUT2D eigenvalue weighted by Crippen LogP contribution is -2.58. The van der Waals surface area contributed by atoms with E-state index in [4.69, 9.17) is 12.2 Å². The molecule has 3 nitrogen and oxygen atoms in total. The minimum atomic E-state index is 0.584. The third-order valence-corrected chi connectivity index (χ3v) is 6.85. The Kier molecular flexibility index (Phi) is 4.29. The fourth-order valence-corrected chi connectivity index (χ4v) is 5.31. The summed E-state index contributed by atoms with van der Waals surface area (Å²) >= 11 is 5.75. The number of piperidine rings is 2. The Morgan fingerprint density at radius 3 is 2.88 bits per heavy atom. The number of hydrogen-bond acceptors (Lipinski definition) is 2. The second kappa shape index (κ2) is 6.30. The number of hydrogen-bond donors (Lipinski definition) is 0. The smallest absolute Gasteiger partial charge is 0.171 e. The van der Waals surface area contributed by atoms with Crippen LogP contribution in [0.2, 0.25) is 0 Å². The van der Waals surface area contributed by atoms with E-state index in [-0.39, 0.29) is 0 Å². The molecule has 0 spiro atoms. The van der Waals surface area contributed by atoms with Crippen LogP contribution in [0.15, 0.2) is 18.2 Å². The number of nitrogens with zero attached hydrogens (tertiary/aromatic N) is 3. The molecule has 1 aromatic carbocycles. The van der Waals surface area contributed by atoms with E-state index in [1.165, 1.54) is 44.3 Å². The van der Waals surface area contributed by atoms with E-state index in [1.54, 1.807) is 11.1 Å². The van der Waals surface area contributed by atoms with Crippen LogP contribution >= 0.6 is 12.2 Å². The number of rotatable bonds is 0. The number of likely N-dealkylation sites (tertiary alicyclic amines) is 1. The van der Waals surface area contributed by atoms with Crippen molar-refractivity contribution in [3.8, 4) is 0 Å². The highest BCUT2D eigenvalue weighted by atomic mass is 32.1. The number of benzene rings is 1. The maximum atomic E-state index is 5.75. The standard InChI is InChI=1S/C20H29N3S/c1-14-6-7-17-15(11-14)8-10-22-13-16-5-4-9-23(20(24)21(2)3)18(16)12-19(17)22/h6-7,11,16,18-19H,4-5,8-10,12-13H2,1-3H3. The number of thiocarbonyl (C=S) groups is 1. The van der Waals surface area contributed by atoms with E-state index in [0.717, 1.165) is 17.6 Å². The monoisotopic (exact) mass is 343 g/mol. The molecule has 0 radical (unpaired) electrons. The van der Waals surface area contributed by atoms with Crippen molar-refractivity contribution in [1.29, 1.82) is 0 Å². The average molecular weight is 344 g/mol. The van der Waals surface area contributed by atoms with Crippen LogP contribution < -0.4 is 0 Å². The van der Waals surface area contributed by atoms with Crippen molar-refractivity contribution in [2.24, 2.45) is 5.92 Å². The van der Waals surface area contributed by atoms with E-state index in [0.29, 0.717) is 12.1 Å². The molecule has 3 aliphatic heterocycles. The molecule has 0 N–H and O–H groups in total. The van der Waals surface area contributed by atoms with Crippen molar-refractivity contribution in [3.63, 3.8) is 0 Å². The lowest BCUT2D eigenvalue weighted by Gasteiger charge is -2.53. The molecule has 0 saturated carbocycles. The lowest BCUT2D eigenvalue weighted by atomic mass is 9.76. The Labute approximate surface area is 151 Å². The molecule has 3 unspecified atom stereocenters. The van der Waals surface area contributed by atoms with Crippen LogP contribution in [0.1, 0.15) is 42.0 Å². The van der Waals surface area contributed by atoms with Crippen LogP contribution in [0.3, 0.4) is 0 Å². The third-order valence-electron chi connectivity index (χ3n) is 6.25. The molecule has 3 heterocycles. The van der Waals surface area contributed by atoms with Crippen LogP contribution in [0.4, 0.5) is 0 Å². The van der Waals surface area contributed by atoms with Gasteiger partial charge in [0.25, 0.3) is 0 Å². The van der Waals surface area contributed by atoms with Crippen LogP contribution in [-0.4, -0.2) is 59.6 Å². The van der Waals surface area contributed by atoms with Crippen molar-refractivity contribution >= 4 is 17.3 Å². The Balaban J connectivity index is 1.63. The Morgan fingerprint density at radius 1 is 1.25 bits per heavy atom. The van der Waals surface area contributed by atoms with Gasteiger partial charge < -0.3 is 9.80 Å². The largest absolute Gasteiger partial charge is 0.355 e. The van der Waals surface area contributed by atoms with Gasteiger partial charge in [0, 0.05) is 45.8 Å². The Hall–Kier alpha value is -1.13. The summed E-state index contributed by atoms with van der Waals surface area (Å²) in [5.74, 6) is 0.778.